The van der Waals surface area contributed by atoms with E-state index < -0.39 is 0 Å². The molecule has 23 heavy (non-hydrogen) atoms. The number of nitriles is 1. The largest absolute Gasteiger partial charge is 0.467 e. The Labute approximate surface area is 131 Å². The third kappa shape index (κ3) is 2.96. The number of carbonyl (C=O) groups excluding carboxylic acids is 1. The maximum Gasteiger partial charge on any atom is 0.328 e. The molecule has 1 atom stereocenters. The van der Waals surface area contributed by atoms with Crippen LogP contribution in [0.15, 0.2) is 24.4 Å². The van der Waals surface area contributed by atoms with Gasteiger partial charge < -0.3 is 15.4 Å². The van der Waals surface area contributed by atoms with Crippen molar-refractivity contribution in [3.63, 3.8) is 0 Å². The number of benzene rings is 1. The van der Waals surface area contributed by atoms with E-state index in [2.05, 4.69) is 31.3 Å². The molecule has 1 aliphatic rings. The SMILES string of the molecule is COC(=O)C1Cc2ccc(NC=C(C#N)c3nn[nH]n3)cc2N1. The molecular weight excluding hydrogens is 298 g/mol. The van der Waals surface area contributed by atoms with Crippen LogP contribution in [0.3, 0.4) is 0 Å². The summed E-state index contributed by atoms with van der Waals surface area (Å²) >= 11 is 0. The topological polar surface area (TPSA) is 129 Å². The first-order chi connectivity index (χ1) is 11.2. The smallest absolute Gasteiger partial charge is 0.328 e. The Morgan fingerprint density at radius 3 is 3.13 bits per heavy atom. The summed E-state index contributed by atoms with van der Waals surface area (Å²) in [4.78, 5) is 11.6. The molecule has 116 valence electrons. The second kappa shape index (κ2) is 6.15. The summed E-state index contributed by atoms with van der Waals surface area (Å²) in [6, 6.07) is 7.27. The van der Waals surface area contributed by atoms with E-state index in [1.54, 1.807) is 0 Å². The second-order valence-corrected chi connectivity index (χ2v) is 4.85. The van der Waals surface area contributed by atoms with E-state index in [-0.39, 0.29) is 23.4 Å². The normalized spacial score (nSPS) is 16.2. The van der Waals surface area contributed by atoms with Crippen LogP contribution in [-0.2, 0) is 16.0 Å². The lowest BCUT2D eigenvalue weighted by atomic mass is 10.1. The van der Waals surface area contributed by atoms with E-state index in [0.717, 1.165) is 16.9 Å². The maximum absolute atomic E-state index is 11.6. The van der Waals surface area contributed by atoms with Crippen molar-refractivity contribution < 1.29 is 9.53 Å². The number of methoxy groups -OCH3 is 1. The molecule has 1 unspecified atom stereocenters. The van der Waals surface area contributed by atoms with Gasteiger partial charge in [-0.15, -0.1) is 10.2 Å². The van der Waals surface area contributed by atoms with Crippen LogP contribution in [-0.4, -0.2) is 39.7 Å². The molecule has 0 fully saturated rings. The molecule has 3 N–H and O–H groups in total. The van der Waals surface area contributed by atoms with Gasteiger partial charge in [0.2, 0.25) is 5.82 Å². The number of hydrogen-bond acceptors (Lipinski definition) is 8. The number of allylic oxidation sites excluding steroid dienone is 1. The molecule has 0 spiro atoms. The standard InChI is InChI=1S/C14H13N7O2/c1-23-14(22)12-4-8-2-3-10(5-11(8)17-12)16-7-9(6-15)13-18-20-21-19-13/h2-3,5,7,12,16-17H,4H2,1H3,(H,18,19,20,21). The first-order valence-corrected chi connectivity index (χ1v) is 6.79. The number of nitrogens with one attached hydrogen (secondary N) is 3. The summed E-state index contributed by atoms with van der Waals surface area (Å²) in [6.07, 6.45) is 2.09. The molecule has 9 heteroatoms. The first-order valence-electron chi connectivity index (χ1n) is 6.79. The van der Waals surface area contributed by atoms with Gasteiger partial charge in [0.1, 0.15) is 17.7 Å². The summed E-state index contributed by atoms with van der Waals surface area (Å²) in [7, 11) is 1.37. The molecule has 1 aromatic carbocycles. The fourth-order valence-electron chi connectivity index (χ4n) is 2.30. The van der Waals surface area contributed by atoms with Crippen molar-refractivity contribution in [2.45, 2.75) is 12.5 Å². The molecule has 0 aliphatic carbocycles. The van der Waals surface area contributed by atoms with Gasteiger partial charge in [0, 0.05) is 24.0 Å². The number of ether oxygens (including phenoxy) is 1. The number of nitrogens with zero attached hydrogens (tertiary/aromatic N) is 4. The molecule has 0 saturated heterocycles. The second-order valence-electron chi connectivity index (χ2n) is 4.85. The van der Waals surface area contributed by atoms with Gasteiger partial charge in [-0.25, -0.2) is 4.79 Å². The lowest BCUT2D eigenvalue weighted by Gasteiger charge is -2.08. The number of H-pyrrole nitrogens is 1. The van der Waals surface area contributed by atoms with E-state index in [1.807, 2.05) is 24.3 Å². The average molecular weight is 311 g/mol. The molecular formula is C14H13N7O2. The molecule has 0 bridgehead atoms. The van der Waals surface area contributed by atoms with Crippen LogP contribution < -0.4 is 10.6 Å². The molecule has 1 aromatic heterocycles. The van der Waals surface area contributed by atoms with Gasteiger partial charge in [0.05, 0.1) is 7.11 Å². The van der Waals surface area contributed by atoms with Crippen LogP contribution in [0.5, 0.6) is 0 Å². The Kier molecular flexibility index (Phi) is 3.88. The van der Waals surface area contributed by atoms with Crippen molar-refractivity contribution in [3.8, 4) is 6.07 Å². The van der Waals surface area contributed by atoms with Gasteiger partial charge in [0.15, 0.2) is 0 Å². The summed E-state index contributed by atoms with van der Waals surface area (Å²) in [5.74, 6) is -0.0791. The number of rotatable bonds is 4. The molecule has 0 amide bonds. The zero-order chi connectivity index (χ0) is 16.2. The van der Waals surface area contributed by atoms with E-state index >= 15 is 0 Å². The van der Waals surface area contributed by atoms with Crippen LogP contribution in [0, 0.1) is 11.3 Å². The summed E-state index contributed by atoms with van der Waals surface area (Å²) in [5.41, 5.74) is 2.91. The number of anilines is 2. The Morgan fingerprint density at radius 1 is 1.57 bits per heavy atom. The van der Waals surface area contributed by atoms with Crippen molar-refractivity contribution in [1.82, 2.24) is 20.6 Å². The van der Waals surface area contributed by atoms with E-state index in [4.69, 9.17) is 10.00 Å². The number of fused-ring (bicyclic) bond motifs is 1. The van der Waals surface area contributed by atoms with Gasteiger partial charge in [-0.2, -0.15) is 10.5 Å². The minimum absolute atomic E-state index is 0.213. The predicted molar refractivity (Wildman–Crippen MR) is 81.0 cm³/mol. The third-order valence-electron chi connectivity index (χ3n) is 3.44. The fraction of sp³-hybridized carbons (Fsp3) is 0.214. The molecule has 2 heterocycles. The molecule has 0 radical (unpaired) electrons. The highest BCUT2D eigenvalue weighted by Crippen LogP contribution is 2.29. The Hall–Kier alpha value is -3.41. The van der Waals surface area contributed by atoms with Gasteiger partial charge >= 0.3 is 5.97 Å². The zero-order valence-electron chi connectivity index (χ0n) is 12.2. The van der Waals surface area contributed by atoms with Crippen LogP contribution in [0.2, 0.25) is 0 Å². The molecule has 2 aromatic rings. The number of aromatic amines is 1. The first kappa shape index (κ1) is 14.5. The van der Waals surface area contributed by atoms with Crippen LogP contribution in [0.25, 0.3) is 5.57 Å². The summed E-state index contributed by atoms with van der Waals surface area (Å²) < 4.78 is 4.75. The van der Waals surface area contributed by atoms with E-state index in [1.165, 1.54) is 13.3 Å². The zero-order valence-corrected chi connectivity index (χ0v) is 12.2. The highest BCUT2D eigenvalue weighted by Gasteiger charge is 2.27. The van der Waals surface area contributed by atoms with Gasteiger partial charge in [-0.3, -0.25) is 0 Å². The van der Waals surface area contributed by atoms with Crippen molar-refractivity contribution >= 4 is 22.9 Å². The van der Waals surface area contributed by atoms with Crippen molar-refractivity contribution in [1.29, 1.82) is 5.26 Å². The van der Waals surface area contributed by atoms with Crippen LogP contribution >= 0.6 is 0 Å². The van der Waals surface area contributed by atoms with Gasteiger partial charge in [-0.05, 0) is 22.9 Å². The Bertz CT molecular complexity index is 792. The lowest BCUT2D eigenvalue weighted by Crippen LogP contribution is -2.27. The summed E-state index contributed by atoms with van der Waals surface area (Å²) in [5, 5.41) is 28.5. The highest BCUT2D eigenvalue weighted by molar-refractivity contribution is 5.83. The molecule has 1 aliphatic heterocycles. The van der Waals surface area contributed by atoms with E-state index in [9.17, 15) is 4.79 Å². The highest BCUT2D eigenvalue weighted by atomic mass is 16.5. The quantitative estimate of drug-likeness (QED) is 0.555. The third-order valence-corrected chi connectivity index (χ3v) is 3.44. The van der Waals surface area contributed by atoms with Gasteiger partial charge in [-0.1, -0.05) is 6.07 Å². The van der Waals surface area contributed by atoms with Crippen LogP contribution in [0.1, 0.15) is 11.4 Å². The average Bonchev–Trinajstić information content (AvgIpc) is 3.23. The fourth-order valence-corrected chi connectivity index (χ4v) is 2.30. The minimum Gasteiger partial charge on any atom is -0.467 e. The number of esters is 1. The molecule has 9 nitrogen and oxygen atoms in total. The predicted octanol–water partition coefficient (Wildman–Crippen LogP) is 0.686. The Balaban J connectivity index is 1.75. The van der Waals surface area contributed by atoms with Crippen molar-refractivity contribution in [2.75, 3.05) is 17.7 Å². The van der Waals surface area contributed by atoms with Crippen molar-refractivity contribution in [3.05, 3.63) is 35.8 Å². The van der Waals surface area contributed by atoms with Crippen LogP contribution in [0.4, 0.5) is 11.4 Å². The number of tetrazole rings is 1. The maximum atomic E-state index is 11.6. The number of aromatic nitrogens is 4. The lowest BCUT2D eigenvalue weighted by molar-refractivity contribution is -0.141. The minimum atomic E-state index is -0.366. The van der Waals surface area contributed by atoms with Gasteiger partial charge in [0.25, 0.3) is 0 Å². The number of hydrogen-bond donors (Lipinski definition) is 3. The van der Waals surface area contributed by atoms with E-state index in [0.29, 0.717) is 6.42 Å². The van der Waals surface area contributed by atoms with Crippen molar-refractivity contribution in [2.24, 2.45) is 0 Å². The monoisotopic (exact) mass is 311 g/mol. The summed E-state index contributed by atoms with van der Waals surface area (Å²) in [6.45, 7) is 0. The molecule has 3 rings (SSSR count). The Morgan fingerprint density at radius 2 is 2.43 bits per heavy atom. The number of carbonyl (C=O) groups is 1. The molecule has 0 saturated carbocycles.